The van der Waals surface area contributed by atoms with Crippen molar-refractivity contribution in [2.24, 2.45) is 5.92 Å². The van der Waals surface area contributed by atoms with Crippen molar-refractivity contribution in [2.75, 3.05) is 13.9 Å². The summed E-state index contributed by atoms with van der Waals surface area (Å²) in [5.74, 6) is 0.425. The Labute approximate surface area is 92.9 Å². The SMILES string of the molecule is [CH-]=C[C@H]1CCCC[C@@H]1OCOC.[Li+]. The molecule has 3 heteroatoms. The monoisotopic (exact) mass is 176 g/mol. The van der Waals surface area contributed by atoms with E-state index in [2.05, 4.69) is 0 Å². The van der Waals surface area contributed by atoms with Gasteiger partial charge in [-0.1, -0.05) is 12.8 Å². The van der Waals surface area contributed by atoms with Gasteiger partial charge in [-0.2, -0.15) is 0 Å². The smallest absolute Gasteiger partial charge is 0.518 e. The number of hydrogen-bond acceptors (Lipinski definition) is 2. The van der Waals surface area contributed by atoms with Crippen molar-refractivity contribution in [1.29, 1.82) is 0 Å². The summed E-state index contributed by atoms with van der Waals surface area (Å²) in [6.45, 7) is 5.90. The summed E-state index contributed by atoms with van der Waals surface area (Å²) in [5.41, 5.74) is 0. The van der Waals surface area contributed by atoms with Gasteiger partial charge in [-0.25, -0.2) is 0 Å². The molecule has 0 aliphatic heterocycles. The molecule has 1 aliphatic rings. The minimum Gasteiger partial charge on any atom is -0.518 e. The summed E-state index contributed by atoms with van der Waals surface area (Å²) in [6.07, 6.45) is 6.83. The Morgan fingerprint density at radius 1 is 1.38 bits per heavy atom. The van der Waals surface area contributed by atoms with Crippen LogP contribution in [-0.4, -0.2) is 20.0 Å². The van der Waals surface area contributed by atoms with Crippen molar-refractivity contribution >= 4 is 0 Å². The van der Waals surface area contributed by atoms with Gasteiger partial charge < -0.3 is 16.1 Å². The first-order chi connectivity index (χ1) is 5.88. The van der Waals surface area contributed by atoms with Crippen molar-refractivity contribution in [3.63, 3.8) is 0 Å². The first-order valence-corrected chi connectivity index (χ1v) is 4.54. The third-order valence-electron chi connectivity index (χ3n) is 2.40. The van der Waals surface area contributed by atoms with Gasteiger partial charge in [0.1, 0.15) is 6.79 Å². The Morgan fingerprint density at radius 3 is 2.69 bits per heavy atom. The van der Waals surface area contributed by atoms with Gasteiger partial charge in [-0.3, -0.25) is 6.08 Å². The fraction of sp³-hybridized carbons (Fsp3) is 0.800. The van der Waals surface area contributed by atoms with Crippen LogP contribution in [0.15, 0.2) is 6.08 Å². The molecule has 0 unspecified atom stereocenters. The quantitative estimate of drug-likeness (QED) is 0.316. The van der Waals surface area contributed by atoms with E-state index in [1.165, 1.54) is 12.8 Å². The molecule has 2 atom stereocenters. The number of methoxy groups -OCH3 is 1. The van der Waals surface area contributed by atoms with Crippen LogP contribution in [0.1, 0.15) is 25.7 Å². The van der Waals surface area contributed by atoms with Crippen LogP contribution in [0.5, 0.6) is 0 Å². The van der Waals surface area contributed by atoms with E-state index in [1.807, 2.05) is 0 Å². The average molecular weight is 176 g/mol. The van der Waals surface area contributed by atoms with E-state index in [-0.39, 0.29) is 25.0 Å². The van der Waals surface area contributed by atoms with Gasteiger partial charge in [0.25, 0.3) is 0 Å². The number of rotatable bonds is 4. The van der Waals surface area contributed by atoms with E-state index < -0.39 is 0 Å². The third kappa shape index (κ3) is 4.33. The van der Waals surface area contributed by atoms with Crippen molar-refractivity contribution in [2.45, 2.75) is 31.8 Å². The standard InChI is InChI=1S/C10H17O2.Li/c1-3-9-6-4-5-7-10(9)12-8-11-2;/h1,3,9-10H,4-8H2,2H3;/q-1;+1/t9-,10-;/m0./s1. The summed E-state index contributed by atoms with van der Waals surface area (Å²) in [6, 6.07) is 0. The molecule has 0 amide bonds. The van der Waals surface area contributed by atoms with Crippen LogP contribution in [0.2, 0.25) is 0 Å². The van der Waals surface area contributed by atoms with Crippen LogP contribution in [0.25, 0.3) is 0 Å². The summed E-state index contributed by atoms with van der Waals surface area (Å²) >= 11 is 0. The topological polar surface area (TPSA) is 18.5 Å². The molecule has 0 aromatic rings. The zero-order valence-corrected chi connectivity index (χ0v) is 8.66. The number of ether oxygens (including phenoxy) is 2. The van der Waals surface area contributed by atoms with Gasteiger partial charge in [0.15, 0.2) is 0 Å². The number of hydrogen-bond donors (Lipinski definition) is 0. The molecule has 0 saturated heterocycles. The Bertz CT molecular complexity index is 139. The van der Waals surface area contributed by atoms with Gasteiger partial charge in [-0.05, 0) is 18.8 Å². The first kappa shape index (κ1) is 13.3. The van der Waals surface area contributed by atoms with E-state index in [9.17, 15) is 0 Å². The molecule has 13 heavy (non-hydrogen) atoms. The molecule has 1 saturated carbocycles. The molecule has 0 spiro atoms. The second kappa shape index (κ2) is 7.64. The fourth-order valence-corrected chi connectivity index (χ4v) is 1.71. The Balaban J connectivity index is 0.00000144. The molecule has 70 valence electrons. The molecule has 0 N–H and O–H groups in total. The van der Waals surface area contributed by atoms with Crippen LogP contribution in [0, 0.1) is 12.5 Å². The molecule has 1 fully saturated rings. The zero-order chi connectivity index (χ0) is 8.81. The second-order valence-electron chi connectivity index (χ2n) is 3.25. The van der Waals surface area contributed by atoms with Crippen molar-refractivity contribution in [3.05, 3.63) is 12.7 Å². The molecule has 0 aromatic heterocycles. The van der Waals surface area contributed by atoms with Crippen molar-refractivity contribution in [1.82, 2.24) is 0 Å². The van der Waals surface area contributed by atoms with E-state index in [1.54, 1.807) is 13.2 Å². The van der Waals surface area contributed by atoms with Crippen LogP contribution in [0.4, 0.5) is 0 Å². The van der Waals surface area contributed by atoms with Crippen LogP contribution in [0.3, 0.4) is 0 Å². The van der Waals surface area contributed by atoms with E-state index in [0.717, 1.165) is 12.8 Å². The molecule has 1 rings (SSSR count). The van der Waals surface area contributed by atoms with Crippen molar-refractivity contribution < 1.29 is 28.3 Å². The first-order valence-electron chi connectivity index (χ1n) is 4.54. The van der Waals surface area contributed by atoms with E-state index >= 15 is 0 Å². The van der Waals surface area contributed by atoms with Gasteiger partial charge in [0.05, 0.1) is 6.10 Å². The Kier molecular flexibility index (Phi) is 7.79. The van der Waals surface area contributed by atoms with E-state index in [0.29, 0.717) is 12.7 Å². The van der Waals surface area contributed by atoms with Gasteiger partial charge in [-0.15, -0.1) is 0 Å². The zero-order valence-electron chi connectivity index (χ0n) is 8.66. The van der Waals surface area contributed by atoms with Gasteiger partial charge in [0.2, 0.25) is 0 Å². The predicted octanol–water partition coefficient (Wildman–Crippen LogP) is -0.841. The summed E-state index contributed by atoms with van der Waals surface area (Å²) in [4.78, 5) is 0. The maximum Gasteiger partial charge on any atom is 1.00 e. The molecular weight excluding hydrogens is 159 g/mol. The predicted molar refractivity (Wildman–Crippen MR) is 47.6 cm³/mol. The molecule has 2 nitrogen and oxygen atoms in total. The van der Waals surface area contributed by atoms with Crippen LogP contribution in [-0.2, 0) is 9.47 Å². The molecular formula is C10H17LiO2. The third-order valence-corrected chi connectivity index (χ3v) is 2.40. The van der Waals surface area contributed by atoms with Crippen LogP contribution < -0.4 is 18.9 Å². The normalized spacial score (nSPS) is 27.8. The van der Waals surface area contributed by atoms with Gasteiger partial charge in [0, 0.05) is 7.11 Å². The van der Waals surface area contributed by atoms with E-state index in [4.69, 9.17) is 16.1 Å². The molecule has 1 aliphatic carbocycles. The summed E-state index contributed by atoms with van der Waals surface area (Å²) < 4.78 is 10.4. The Morgan fingerprint density at radius 2 is 2.08 bits per heavy atom. The maximum atomic E-state index is 5.52. The fourth-order valence-electron chi connectivity index (χ4n) is 1.71. The minimum absolute atomic E-state index is 0. The summed E-state index contributed by atoms with van der Waals surface area (Å²) in [7, 11) is 1.64. The summed E-state index contributed by atoms with van der Waals surface area (Å²) in [5, 5.41) is 0. The van der Waals surface area contributed by atoms with Crippen LogP contribution >= 0.6 is 0 Å². The molecule has 0 aromatic carbocycles. The maximum absolute atomic E-state index is 5.52. The second-order valence-corrected chi connectivity index (χ2v) is 3.25. The average Bonchev–Trinajstić information content (AvgIpc) is 2.15. The Hall–Kier alpha value is 0.257. The van der Waals surface area contributed by atoms with Gasteiger partial charge >= 0.3 is 18.9 Å². The molecule has 0 heterocycles. The largest absolute Gasteiger partial charge is 1.00 e. The molecule has 0 radical (unpaired) electrons. The minimum atomic E-state index is 0. The van der Waals surface area contributed by atoms with Crippen molar-refractivity contribution in [3.8, 4) is 0 Å². The molecule has 0 bridgehead atoms.